The van der Waals surface area contributed by atoms with Gasteiger partial charge in [-0.15, -0.1) is 0 Å². The molecule has 2 heteroatoms. The summed E-state index contributed by atoms with van der Waals surface area (Å²) in [5.74, 6) is 3.67. The summed E-state index contributed by atoms with van der Waals surface area (Å²) in [5.41, 5.74) is 0. The third-order valence-electron chi connectivity index (χ3n) is 5.12. The molecule has 4 fully saturated rings. The van der Waals surface area contributed by atoms with Crippen LogP contribution in [-0.2, 0) is 9.59 Å². The molecule has 13 heavy (non-hydrogen) atoms. The number of hydrogen-bond acceptors (Lipinski definition) is 2. The minimum atomic E-state index is 0.182. The number of carbonyl (C=O) groups excluding carboxylic acids is 2. The fourth-order valence-electron chi connectivity index (χ4n) is 4.88. The Morgan fingerprint density at radius 2 is 1.23 bits per heavy atom. The molecular weight excluding hydrogens is 164 g/mol. The number of rotatable bonds is 0. The Bertz CT molecular complexity index is 297. The van der Waals surface area contributed by atoms with E-state index in [-0.39, 0.29) is 11.8 Å². The van der Waals surface area contributed by atoms with Crippen LogP contribution >= 0.6 is 0 Å². The van der Waals surface area contributed by atoms with Gasteiger partial charge in [0.05, 0.1) is 0 Å². The summed E-state index contributed by atoms with van der Waals surface area (Å²) in [6, 6.07) is 0. The summed E-state index contributed by atoms with van der Waals surface area (Å²) in [6.07, 6.45) is 2.81. The van der Waals surface area contributed by atoms with Crippen molar-refractivity contribution in [1.29, 1.82) is 0 Å². The Hall–Kier alpha value is -0.660. The molecule has 6 atom stereocenters. The van der Waals surface area contributed by atoms with Gasteiger partial charge in [0.1, 0.15) is 11.6 Å². The van der Waals surface area contributed by atoms with Gasteiger partial charge < -0.3 is 0 Å². The topological polar surface area (TPSA) is 34.1 Å². The standard InChI is InChI=1S/C11H12O2/c12-8-2-4-5-3-9(13)11-7(5)1-6(4)10(8)11/h4-7,10-11H,1-3H2/t4-,5+,6+,7-,10+,11-. The monoisotopic (exact) mass is 176 g/mol. The zero-order valence-corrected chi connectivity index (χ0v) is 7.40. The van der Waals surface area contributed by atoms with Gasteiger partial charge in [-0.1, -0.05) is 0 Å². The Balaban J connectivity index is 1.94. The maximum atomic E-state index is 11.7. The third-order valence-corrected chi connectivity index (χ3v) is 5.12. The number of Topliss-reactive ketones (excluding diaryl/α,β-unsaturated/α-hetero) is 2. The Morgan fingerprint density at radius 3 is 1.69 bits per heavy atom. The van der Waals surface area contributed by atoms with Crippen molar-refractivity contribution in [3.63, 3.8) is 0 Å². The van der Waals surface area contributed by atoms with Crippen molar-refractivity contribution < 1.29 is 9.59 Å². The van der Waals surface area contributed by atoms with Gasteiger partial charge in [-0.3, -0.25) is 9.59 Å². The molecule has 2 nitrogen and oxygen atoms in total. The largest absolute Gasteiger partial charge is 0.299 e. The van der Waals surface area contributed by atoms with E-state index in [1.165, 1.54) is 6.42 Å². The van der Waals surface area contributed by atoms with Gasteiger partial charge in [0, 0.05) is 24.7 Å². The summed E-state index contributed by atoms with van der Waals surface area (Å²) >= 11 is 0. The second-order valence-corrected chi connectivity index (χ2v) is 5.28. The normalized spacial score (nSPS) is 61.2. The van der Waals surface area contributed by atoms with E-state index >= 15 is 0 Å². The van der Waals surface area contributed by atoms with Crippen LogP contribution in [0.5, 0.6) is 0 Å². The fraction of sp³-hybridized carbons (Fsp3) is 0.818. The Labute approximate surface area is 76.7 Å². The summed E-state index contributed by atoms with van der Waals surface area (Å²) in [7, 11) is 0. The average Bonchev–Trinajstić information content (AvgIpc) is 2.67. The summed E-state index contributed by atoms with van der Waals surface area (Å²) in [4.78, 5) is 23.4. The van der Waals surface area contributed by atoms with Crippen molar-refractivity contribution in [1.82, 2.24) is 0 Å². The zero-order valence-electron chi connectivity index (χ0n) is 7.40. The number of carbonyl (C=O) groups is 2. The van der Waals surface area contributed by atoms with Gasteiger partial charge in [0.2, 0.25) is 0 Å². The van der Waals surface area contributed by atoms with Crippen molar-refractivity contribution in [2.24, 2.45) is 35.5 Å². The molecule has 0 N–H and O–H groups in total. The van der Waals surface area contributed by atoms with E-state index in [4.69, 9.17) is 0 Å². The first-order valence-electron chi connectivity index (χ1n) is 5.33. The molecule has 4 aliphatic rings. The molecule has 0 saturated heterocycles. The third kappa shape index (κ3) is 0.527. The van der Waals surface area contributed by atoms with Crippen LogP contribution in [0.4, 0.5) is 0 Å². The van der Waals surface area contributed by atoms with Gasteiger partial charge in [0.25, 0.3) is 0 Å². The van der Waals surface area contributed by atoms with Crippen LogP contribution in [0.2, 0.25) is 0 Å². The van der Waals surface area contributed by atoms with Crippen LogP contribution in [0, 0.1) is 35.5 Å². The summed E-state index contributed by atoms with van der Waals surface area (Å²) < 4.78 is 0. The van der Waals surface area contributed by atoms with Crippen LogP contribution in [0.25, 0.3) is 0 Å². The first-order chi connectivity index (χ1) is 6.27. The van der Waals surface area contributed by atoms with Crippen molar-refractivity contribution in [3.8, 4) is 0 Å². The lowest BCUT2D eigenvalue weighted by atomic mass is 9.79. The van der Waals surface area contributed by atoms with E-state index in [0.717, 1.165) is 12.8 Å². The smallest absolute Gasteiger partial charge is 0.137 e. The van der Waals surface area contributed by atoms with Gasteiger partial charge >= 0.3 is 0 Å². The van der Waals surface area contributed by atoms with E-state index in [1.807, 2.05) is 0 Å². The van der Waals surface area contributed by atoms with Crippen molar-refractivity contribution >= 4 is 11.6 Å². The number of hydrogen-bond donors (Lipinski definition) is 0. The Kier molecular flexibility index (Phi) is 0.907. The molecule has 0 heterocycles. The minimum absolute atomic E-state index is 0.182. The molecular formula is C11H12O2. The van der Waals surface area contributed by atoms with E-state index in [1.54, 1.807) is 0 Å². The average molecular weight is 176 g/mol. The van der Waals surface area contributed by atoms with Crippen LogP contribution in [0.1, 0.15) is 19.3 Å². The summed E-state index contributed by atoms with van der Waals surface area (Å²) in [5, 5.41) is 0. The molecule has 0 spiro atoms. The van der Waals surface area contributed by atoms with Gasteiger partial charge in [-0.2, -0.15) is 0 Å². The van der Waals surface area contributed by atoms with Crippen LogP contribution < -0.4 is 0 Å². The van der Waals surface area contributed by atoms with E-state index in [2.05, 4.69) is 0 Å². The zero-order chi connectivity index (χ0) is 8.74. The highest BCUT2D eigenvalue weighted by Gasteiger charge is 2.69. The highest BCUT2D eigenvalue weighted by Crippen LogP contribution is 2.68. The van der Waals surface area contributed by atoms with E-state index in [9.17, 15) is 9.59 Å². The Morgan fingerprint density at radius 1 is 0.769 bits per heavy atom. The van der Waals surface area contributed by atoms with Crippen LogP contribution in [-0.4, -0.2) is 11.6 Å². The molecule has 0 aromatic carbocycles. The van der Waals surface area contributed by atoms with Crippen LogP contribution in [0.15, 0.2) is 0 Å². The lowest BCUT2D eigenvalue weighted by Gasteiger charge is -2.22. The number of fused-ring (bicyclic) bond motifs is 2. The predicted molar refractivity (Wildman–Crippen MR) is 44.8 cm³/mol. The first-order valence-corrected chi connectivity index (χ1v) is 5.33. The quantitative estimate of drug-likeness (QED) is 0.552. The number of ketones is 2. The first kappa shape index (κ1) is 6.74. The molecule has 68 valence electrons. The molecule has 4 aliphatic carbocycles. The molecule has 0 aliphatic heterocycles. The SMILES string of the molecule is O=C1C[C@@H]2[C@@H]3CC(=O)[C@H]4[C@@H]3C[C@@H]2[C@@H]14. The van der Waals surface area contributed by atoms with Crippen LogP contribution in [0.3, 0.4) is 0 Å². The van der Waals surface area contributed by atoms with Gasteiger partial charge in [0.15, 0.2) is 0 Å². The highest BCUT2D eigenvalue weighted by atomic mass is 16.1. The van der Waals surface area contributed by atoms with Crippen molar-refractivity contribution in [2.45, 2.75) is 19.3 Å². The molecule has 2 bridgehead atoms. The van der Waals surface area contributed by atoms with Gasteiger partial charge in [-0.25, -0.2) is 0 Å². The molecule has 0 amide bonds. The second-order valence-electron chi connectivity index (χ2n) is 5.28. The molecule has 4 rings (SSSR count). The highest BCUT2D eigenvalue weighted by molar-refractivity contribution is 5.96. The minimum Gasteiger partial charge on any atom is -0.299 e. The van der Waals surface area contributed by atoms with Crippen molar-refractivity contribution in [2.75, 3.05) is 0 Å². The van der Waals surface area contributed by atoms with E-state index in [0.29, 0.717) is 35.2 Å². The maximum absolute atomic E-state index is 11.7. The molecule has 0 aromatic rings. The molecule has 0 unspecified atom stereocenters. The molecule has 4 saturated carbocycles. The predicted octanol–water partition coefficient (Wildman–Crippen LogP) is 1.05. The fourth-order valence-corrected chi connectivity index (χ4v) is 4.88. The van der Waals surface area contributed by atoms with Gasteiger partial charge in [-0.05, 0) is 30.1 Å². The lowest BCUT2D eigenvalue weighted by molar-refractivity contribution is -0.129. The maximum Gasteiger partial charge on any atom is 0.137 e. The summed E-state index contributed by atoms with van der Waals surface area (Å²) in [6.45, 7) is 0. The molecule has 0 radical (unpaired) electrons. The van der Waals surface area contributed by atoms with Crippen molar-refractivity contribution in [3.05, 3.63) is 0 Å². The molecule has 0 aromatic heterocycles. The lowest BCUT2D eigenvalue weighted by Crippen LogP contribution is -2.26. The van der Waals surface area contributed by atoms with E-state index < -0.39 is 0 Å². The second kappa shape index (κ2) is 1.75.